The first kappa shape index (κ1) is 24.6. The van der Waals surface area contributed by atoms with E-state index >= 15 is 0 Å². The second-order valence-electron chi connectivity index (χ2n) is 5.36. The highest BCUT2D eigenvalue weighted by Crippen LogP contribution is 2.30. The van der Waals surface area contributed by atoms with E-state index in [1.165, 1.54) is 0 Å². The molecule has 1 rings (SSSR count). The van der Waals surface area contributed by atoms with Crippen LogP contribution < -0.4 is 5.32 Å². The third kappa shape index (κ3) is 7.85. The summed E-state index contributed by atoms with van der Waals surface area (Å²) in [7, 11) is -4.67. The Kier molecular flexibility index (Phi) is 8.97. The summed E-state index contributed by atoms with van der Waals surface area (Å²) in [6, 6.07) is -1.27. The normalized spacial score (nSPS) is 31.2. The minimum absolute atomic E-state index is 0.598. The number of carboxylic acids is 1. The van der Waals surface area contributed by atoms with Crippen LogP contribution in [0.4, 0.5) is 0 Å². The summed E-state index contributed by atoms with van der Waals surface area (Å²) in [5, 5.41) is 59.0. The largest absolute Gasteiger partial charge is 0.477 e. The molecule has 0 aliphatic carbocycles. The summed E-state index contributed by atoms with van der Waals surface area (Å²) in [6.45, 7) is 0.256. The molecule has 14 nitrogen and oxygen atoms in total. The SMILES string of the molecule is CC(=O)N[C@H]1[C@H]([C@H](O)[C@H](O)CO)O[C@](O)(C(=O)O)C[C@@H]1O.O=S(=O)(O)O. The van der Waals surface area contributed by atoms with E-state index in [-0.39, 0.29) is 0 Å². The average molecular weight is 407 g/mol. The van der Waals surface area contributed by atoms with Crippen LogP contribution in [0.25, 0.3) is 0 Å². The highest BCUT2D eigenvalue weighted by Gasteiger charge is 2.53. The van der Waals surface area contributed by atoms with Crippen molar-refractivity contribution in [3.63, 3.8) is 0 Å². The number of carbonyl (C=O) groups is 2. The number of hydrogen-bond acceptors (Lipinski definition) is 10. The molecule has 0 aromatic rings. The molecular weight excluding hydrogens is 386 g/mol. The van der Waals surface area contributed by atoms with Gasteiger partial charge in [0.15, 0.2) is 0 Å². The molecule has 1 aliphatic heterocycles. The number of amides is 1. The predicted molar refractivity (Wildman–Crippen MR) is 79.0 cm³/mol. The maximum atomic E-state index is 11.1. The molecule has 1 fully saturated rings. The van der Waals surface area contributed by atoms with Gasteiger partial charge >= 0.3 is 16.4 Å². The zero-order chi connectivity index (χ0) is 20.9. The van der Waals surface area contributed by atoms with Gasteiger partial charge in [0.1, 0.15) is 18.3 Å². The van der Waals surface area contributed by atoms with E-state index in [2.05, 4.69) is 5.32 Å². The summed E-state index contributed by atoms with van der Waals surface area (Å²) in [5.41, 5.74) is 0. The highest BCUT2D eigenvalue weighted by atomic mass is 32.3. The van der Waals surface area contributed by atoms with Crippen LogP contribution in [-0.2, 0) is 24.7 Å². The van der Waals surface area contributed by atoms with Gasteiger partial charge in [-0.05, 0) is 0 Å². The van der Waals surface area contributed by atoms with Gasteiger partial charge in [-0.15, -0.1) is 0 Å². The fourth-order valence-electron chi connectivity index (χ4n) is 2.14. The van der Waals surface area contributed by atoms with Crippen molar-refractivity contribution >= 4 is 22.3 Å². The Balaban J connectivity index is 0.00000110. The molecule has 0 aromatic heterocycles. The fraction of sp³-hybridized carbons (Fsp3) is 0.818. The first-order chi connectivity index (χ1) is 11.6. The Bertz CT molecular complexity index is 587. The molecule has 1 amide bonds. The van der Waals surface area contributed by atoms with Gasteiger partial charge < -0.3 is 40.7 Å². The Morgan fingerprint density at radius 1 is 1.31 bits per heavy atom. The van der Waals surface area contributed by atoms with Crippen molar-refractivity contribution < 1.29 is 62.5 Å². The highest BCUT2D eigenvalue weighted by molar-refractivity contribution is 7.79. The van der Waals surface area contributed by atoms with E-state index in [1.807, 2.05) is 0 Å². The Morgan fingerprint density at radius 3 is 2.12 bits per heavy atom. The fourth-order valence-corrected chi connectivity index (χ4v) is 2.14. The Morgan fingerprint density at radius 2 is 1.77 bits per heavy atom. The molecule has 0 radical (unpaired) electrons. The minimum Gasteiger partial charge on any atom is -0.477 e. The standard InChI is InChI=1S/C11H19NO9.H2O4S/c1-4(14)12-7-5(15)2-11(20,10(18)19)21-9(7)8(17)6(16)3-13;1-5(2,3)4/h5-9,13,15-17,20H,2-3H2,1H3,(H,12,14)(H,18,19);(H2,1,2,3,4)/t5-,6+,7+,8+,9+,11-;/m0./s1. The molecule has 0 spiro atoms. The molecule has 1 saturated heterocycles. The van der Waals surface area contributed by atoms with Crippen molar-refractivity contribution in [3.8, 4) is 0 Å². The third-order valence-electron chi connectivity index (χ3n) is 3.21. The zero-order valence-corrected chi connectivity index (χ0v) is 14.1. The second-order valence-corrected chi connectivity index (χ2v) is 6.25. The van der Waals surface area contributed by atoms with E-state index in [9.17, 15) is 30.0 Å². The van der Waals surface area contributed by atoms with Crippen LogP contribution in [0, 0.1) is 0 Å². The molecule has 6 atom stereocenters. The maximum Gasteiger partial charge on any atom is 0.394 e. The summed E-state index contributed by atoms with van der Waals surface area (Å²) in [6.07, 6.45) is -7.48. The van der Waals surface area contributed by atoms with E-state index in [0.29, 0.717) is 0 Å². The number of rotatable bonds is 5. The first-order valence-electron chi connectivity index (χ1n) is 6.88. The lowest BCUT2D eigenvalue weighted by atomic mass is 9.88. The number of aliphatic hydroxyl groups is 5. The molecule has 0 bridgehead atoms. The van der Waals surface area contributed by atoms with E-state index in [1.54, 1.807) is 0 Å². The van der Waals surface area contributed by atoms with Gasteiger partial charge in [0, 0.05) is 13.3 Å². The number of carboxylic acid groups (broad SMARTS) is 1. The van der Waals surface area contributed by atoms with Crippen LogP contribution in [0.15, 0.2) is 0 Å². The summed E-state index contributed by atoms with van der Waals surface area (Å²) in [5.74, 6) is -5.17. The molecule has 26 heavy (non-hydrogen) atoms. The molecule has 9 N–H and O–H groups in total. The number of aliphatic hydroxyl groups excluding tert-OH is 4. The molecular formula is C11H21NO13S. The molecule has 1 heterocycles. The van der Waals surface area contributed by atoms with Gasteiger partial charge in [-0.25, -0.2) is 4.79 Å². The van der Waals surface area contributed by atoms with Gasteiger partial charge in [-0.2, -0.15) is 8.42 Å². The van der Waals surface area contributed by atoms with Gasteiger partial charge in [0.2, 0.25) is 5.91 Å². The zero-order valence-electron chi connectivity index (χ0n) is 13.3. The molecule has 0 unspecified atom stereocenters. The van der Waals surface area contributed by atoms with Gasteiger partial charge in [-0.3, -0.25) is 13.9 Å². The van der Waals surface area contributed by atoms with Crippen molar-refractivity contribution in [1.29, 1.82) is 0 Å². The van der Waals surface area contributed by atoms with Crippen LogP contribution >= 0.6 is 0 Å². The predicted octanol–water partition coefficient (Wildman–Crippen LogP) is -4.52. The van der Waals surface area contributed by atoms with Crippen LogP contribution in [0.2, 0.25) is 0 Å². The quantitative estimate of drug-likeness (QED) is 0.195. The van der Waals surface area contributed by atoms with Crippen molar-refractivity contribution in [1.82, 2.24) is 5.32 Å². The lowest BCUT2D eigenvalue weighted by Crippen LogP contribution is -2.67. The molecule has 1 aliphatic rings. The number of nitrogens with one attached hydrogen (secondary N) is 1. The monoisotopic (exact) mass is 407 g/mol. The van der Waals surface area contributed by atoms with E-state index in [4.69, 9.17) is 32.5 Å². The van der Waals surface area contributed by atoms with Crippen LogP contribution in [0.5, 0.6) is 0 Å². The van der Waals surface area contributed by atoms with Crippen molar-refractivity contribution in [3.05, 3.63) is 0 Å². The van der Waals surface area contributed by atoms with Crippen LogP contribution in [-0.4, -0.2) is 103 Å². The summed E-state index contributed by atoms with van der Waals surface area (Å²) < 4.78 is 36.4. The van der Waals surface area contributed by atoms with Crippen molar-refractivity contribution in [2.75, 3.05) is 6.61 Å². The third-order valence-corrected chi connectivity index (χ3v) is 3.21. The lowest BCUT2D eigenvalue weighted by molar-refractivity contribution is -0.295. The van der Waals surface area contributed by atoms with Crippen molar-refractivity contribution in [2.45, 2.75) is 49.6 Å². The van der Waals surface area contributed by atoms with Crippen LogP contribution in [0.3, 0.4) is 0 Å². The van der Waals surface area contributed by atoms with E-state index < -0.39 is 71.5 Å². The molecule has 0 saturated carbocycles. The Hall–Kier alpha value is -1.43. The molecule has 0 aromatic carbocycles. The van der Waals surface area contributed by atoms with Gasteiger partial charge in [0.05, 0.1) is 18.8 Å². The van der Waals surface area contributed by atoms with Gasteiger partial charge in [-0.1, -0.05) is 0 Å². The van der Waals surface area contributed by atoms with Crippen molar-refractivity contribution in [2.24, 2.45) is 0 Å². The van der Waals surface area contributed by atoms with E-state index in [0.717, 1.165) is 6.92 Å². The second kappa shape index (κ2) is 9.49. The average Bonchev–Trinajstić information content (AvgIpc) is 2.46. The lowest BCUT2D eigenvalue weighted by Gasteiger charge is -2.44. The molecule has 154 valence electrons. The number of aliphatic carboxylic acids is 1. The smallest absolute Gasteiger partial charge is 0.394 e. The number of hydrogen-bond donors (Lipinski definition) is 9. The maximum absolute atomic E-state index is 11.1. The minimum atomic E-state index is -4.67. The topological polar surface area (TPSA) is 251 Å². The summed E-state index contributed by atoms with van der Waals surface area (Å²) >= 11 is 0. The van der Waals surface area contributed by atoms with Crippen LogP contribution in [0.1, 0.15) is 13.3 Å². The first-order valence-corrected chi connectivity index (χ1v) is 8.27. The number of ether oxygens (including phenoxy) is 1. The summed E-state index contributed by atoms with van der Waals surface area (Å²) in [4.78, 5) is 22.1. The molecule has 15 heteroatoms. The van der Waals surface area contributed by atoms with Gasteiger partial charge in [0.25, 0.3) is 5.79 Å². The number of carbonyl (C=O) groups excluding carboxylic acids is 1. The Labute approximate surface area is 147 Å².